The van der Waals surface area contributed by atoms with Gasteiger partial charge in [0.1, 0.15) is 5.75 Å². The zero-order chi connectivity index (χ0) is 18.4. The van der Waals surface area contributed by atoms with E-state index < -0.39 is 6.23 Å². The molecule has 3 heteroatoms. The first-order valence-electron chi connectivity index (χ1n) is 8.83. The van der Waals surface area contributed by atoms with Crippen LogP contribution in [0.1, 0.15) is 34.6 Å². The van der Waals surface area contributed by atoms with Crippen LogP contribution in [-0.4, -0.2) is 17.4 Å². The maximum Gasteiger partial charge on any atom is 0.256 e. The molecule has 132 valence electrons. The summed E-state index contributed by atoms with van der Waals surface area (Å²) >= 11 is 0. The zero-order valence-electron chi connectivity index (χ0n) is 15.1. The molecule has 3 nitrogen and oxygen atoms in total. The van der Waals surface area contributed by atoms with Gasteiger partial charge in [-0.05, 0) is 38.1 Å². The van der Waals surface area contributed by atoms with Gasteiger partial charge >= 0.3 is 0 Å². The van der Waals surface area contributed by atoms with Gasteiger partial charge in [-0.15, -0.1) is 0 Å². The Kier molecular flexibility index (Phi) is 5.69. The number of carbonyl (C=O) groups is 1. The van der Waals surface area contributed by atoms with Gasteiger partial charge in [0.25, 0.3) is 5.91 Å². The number of hydrogen-bond donors (Lipinski definition) is 0. The molecule has 0 saturated carbocycles. The number of rotatable bonds is 6. The van der Waals surface area contributed by atoms with E-state index >= 15 is 0 Å². The van der Waals surface area contributed by atoms with E-state index in [4.69, 9.17) is 4.74 Å². The maximum atomic E-state index is 13.1. The van der Waals surface area contributed by atoms with Gasteiger partial charge in [-0.2, -0.15) is 0 Å². The molecule has 1 amide bonds. The molecule has 1 atom stereocenters. The molecule has 0 radical (unpaired) electrons. The summed E-state index contributed by atoms with van der Waals surface area (Å²) in [4.78, 5) is 14.9. The molecule has 0 saturated heterocycles. The monoisotopic (exact) mass is 345 g/mol. The molecule has 0 aliphatic heterocycles. The van der Waals surface area contributed by atoms with Crippen LogP contribution < -0.4 is 4.74 Å². The highest BCUT2D eigenvalue weighted by atomic mass is 16.5. The Bertz CT molecular complexity index is 829. The highest BCUT2D eigenvalue weighted by molar-refractivity contribution is 5.94. The number of hydrogen-bond acceptors (Lipinski definition) is 2. The molecule has 0 heterocycles. The summed E-state index contributed by atoms with van der Waals surface area (Å²) in [5.41, 5.74) is 2.78. The van der Waals surface area contributed by atoms with Crippen LogP contribution in [0.4, 0.5) is 0 Å². The second kappa shape index (κ2) is 8.34. The predicted molar refractivity (Wildman–Crippen MR) is 104 cm³/mol. The Morgan fingerprint density at radius 2 is 1.46 bits per heavy atom. The van der Waals surface area contributed by atoms with E-state index in [0.29, 0.717) is 12.1 Å². The minimum Gasteiger partial charge on any atom is -0.466 e. The molecule has 3 rings (SSSR count). The molecule has 0 aliphatic rings. The van der Waals surface area contributed by atoms with Crippen molar-refractivity contribution in [2.24, 2.45) is 0 Å². The Morgan fingerprint density at radius 1 is 0.885 bits per heavy atom. The van der Waals surface area contributed by atoms with Gasteiger partial charge in [0.15, 0.2) is 0 Å². The summed E-state index contributed by atoms with van der Waals surface area (Å²) in [6, 6.07) is 27.0. The molecule has 0 N–H and O–H groups in total. The Morgan fingerprint density at radius 3 is 2.04 bits per heavy atom. The van der Waals surface area contributed by atoms with Gasteiger partial charge < -0.3 is 4.74 Å². The van der Waals surface area contributed by atoms with Crippen molar-refractivity contribution < 1.29 is 9.53 Å². The van der Waals surface area contributed by atoms with E-state index in [1.54, 1.807) is 4.90 Å². The molecular weight excluding hydrogens is 322 g/mol. The fourth-order valence-corrected chi connectivity index (χ4v) is 2.83. The molecule has 0 aromatic heterocycles. The number of para-hydroxylation sites is 1. The number of carbonyl (C=O) groups excluding carboxylic acids is 1. The van der Waals surface area contributed by atoms with Crippen molar-refractivity contribution in [3.63, 3.8) is 0 Å². The largest absolute Gasteiger partial charge is 0.466 e. The van der Waals surface area contributed by atoms with Crippen LogP contribution in [0.5, 0.6) is 5.75 Å². The van der Waals surface area contributed by atoms with Crippen LogP contribution in [0.25, 0.3) is 0 Å². The van der Waals surface area contributed by atoms with E-state index in [0.717, 1.165) is 11.3 Å². The van der Waals surface area contributed by atoms with Crippen molar-refractivity contribution in [3.8, 4) is 5.75 Å². The lowest BCUT2D eigenvalue weighted by Crippen LogP contribution is -2.37. The SMILES string of the molecule is CCN(C(=O)c1ccccc1)C(Oc1ccccc1)c1ccc(C)cc1. The maximum absolute atomic E-state index is 13.1. The third-order valence-electron chi connectivity index (χ3n) is 4.26. The zero-order valence-corrected chi connectivity index (χ0v) is 15.1. The van der Waals surface area contributed by atoms with Crippen molar-refractivity contribution in [2.45, 2.75) is 20.1 Å². The molecule has 0 bridgehead atoms. The van der Waals surface area contributed by atoms with Crippen LogP contribution in [0.15, 0.2) is 84.9 Å². The summed E-state index contributed by atoms with van der Waals surface area (Å²) in [5, 5.41) is 0. The molecule has 26 heavy (non-hydrogen) atoms. The van der Waals surface area contributed by atoms with Crippen LogP contribution in [0.3, 0.4) is 0 Å². The Balaban J connectivity index is 1.97. The van der Waals surface area contributed by atoms with Gasteiger partial charge in [0.05, 0.1) is 0 Å². The first-order chi connectivity index (χ1) is 12.7. The lowest BCUT2D eigenvalue weighted by Gasteiger charge is -2.31. The van der Waals surface area contributed by atoms with Crippen LogP contribution >= 0.6 is 0 Å². The highest BCUT2D eigenvalue weighted by Crippen LogP contribution is 2.27. The summed E-state index contributed by atoms with van der Waals surface area (Å²) < 4.78 is 6.24. The normalized spacial score (nSPS) is 11.6. The highest BCUT2D eigenvalue weighted by Gasteiger charge is 2.26. The summed E-state index contributed by atoms with van der Waals surface area (Å²) in [5.74, 6) is 0.687. The Labute approximate surface area is 154 Å². The van der Waals surface area contributed by atoms with Gasteiger partial charge in [0, 0.05) is 17.7 Å². The first-order valence-corrected chi connectivity index (χ1v) is 8.83. The number of amides is 1. The predicted octanol–water partition coefficient (Wildman–Crippen LogP) is 5.23. The second-order valence-corrected chi connectivity index (χ2v) is 6.15. The Hall–Kier alpha value is -3.07. The minimum atomic E-state index is -0.490. The van der Waals surface area contributed by atoms with E-state index in [-0.39, 0.29) is 5.91 Å². The summed E-state index contributed by atoms with van der Waals surface area (Å²) in [7, 11) is 0. The molecule has 0 spiro atoms. The van der Waals surface area contributed by atoms with Gasteiger partial charge in [-0.1, -0.05) is 66.2 Å². The number of nitrogens with zero attached hydrogens (tertiary/aromatic N) is 1. The van der Waals surface area contributed by atoms with Crippen molar-refractivity contribution in [1.82, 2.24) is 4.90 Å². The van der Waals surface area contributed by atoms with Crippen molar-refractivity contribution >= 4 is 5.91 Å². The smallest absolute Gasteiger partial charge is 0.256 e. The van der Waals surface area contributed by atoms with E-state index in [1.165, 1.54) is 5.56 Å². The van der Waals surface area contributed by atoms with Crippen LogP contribution in [-0.2, 0) is 0 Å². The average molecular weight is 345 g/mol. The average Bonchev–Trinajstić information content (AvgIpc) is 2.70. The lowest BCUT2D eigenvalue weighted by atomic mass is 10.1. The van der Waals surface area contributed by atoms with E-state index in [9.17, 15) is 4.79 Å². The van der Waals surface area contributed by atoms with E-state index in [2.05, 4.69) is 0 Å². The lowest BCUT2D eigenvalue weighted by molar-refractivity contribution is 0.0223. The van der Waals surface area contributed by atoms with Gasteiger partial charge in [-0.3, -0.25) is 9.69 Å². The van der Waals surface area contributed by atoms with Crippen LogP contribution in [0.2, 0.25) is 0 Å². The molecule has 0 fully saturated rings. The van der Waals surface area contributed by atoms with Crippen molar-refractivity contribution in [3.05, 3.63) is 102 Å². The van der Waals surface area contributed by atoms with Gasteiger partial charge in [0.2, 0.25) is 6.23 Å². The molecule has 3 aromatic rings. The molecular formula is C23H23NO2. The first kappa shape index (κ1) is 17.7. The quantitative estimate of drug-likeness (QED) is 0.572. The molecule has 0 aliphatic carbocycles. The van der Waals surface area contributed by atoms with E-state index in [1.807, 2.05) is 98.8 Å². The number of benzene rings is 3. The molecule has 3 aromatic carbocycles. The summed E-state index contributed by atoms with van der Waals surface area (Å²) in [6.45, 7) is 4.55. The molecule has 1 unspecified atom stereocenters. The summed E-state index contributed by atoms with van der Waals surface area (Å²) in [6.07, 6.45) is -0.490. The fraction of sp³-hybridized carbons (Fsp3) is 0.174. The second-order valence-electron chi connectivity index (χ2n) is 6.15. The third kappa shape index (κ3) is 4.12. The number of ether oxygens (including phenoxy) is 1. The van der Waals surface area contributed by atoms with Crippen molar-refractivity contribution in [2.75, 3.05) is 6.54 Å². The van der Waals surface area contributed by atoms with Crippen molar-refractivity contribution in [1.29, 1.82) is 0 Å². The van der Waals surface area contributed by atoms with Crippen LogP contribution in [0, 0.1) is 6.92 Å². The van der Waals surface area contributed by atoms with Gasteiger partial charge in [-0.25, -0.2) is 0 Å². The number of aryl methyl sites for hydroxylation is 1. The third-order valence-corrected chi connectivity index (χ3v) is 4.26. The minimum absolute atomic E-state index is 0.0467. The topological polar surface area (TPSA) is 29.5 Å². The standard InChI is InChI=1S/C23H23NO2/c1-3-24(22(25)19-10-6-4-7-11-19)23(20-16-14-18(2)15-17-20)26-21-12-8-5-9-13-21/h4-17,23H,3H2,1-2H3. The fourth-order valence-electron chi connectivity index (χ4n) is 2.83.